The summed E-state index contributed by atoms with van der Waals surface area (Å²) in [6.45, 7) is 0. The van der Waals surface area contributed by atoms with Crippen LogP contribution in [-0.2, 0) is 38.7 Å². The fraction of sp³-hybridized carbons (Fsp3) is 0.875. The Balaban J connectivity index is 1.26. The largest absolute Gasteiger partial charge is 0.748 e. The summed E-state index contributed by atoms with van der Waals surface area (Å²) in [5.41, 5.74) is -5.66. The molecule has 7 rings (SSSR count). The number of carbonyl (C=O) groups excluding carboxylic acids is 3. The van der Waals surface area contributed by atoms with Crippen LogP contribution in [0.3, 0.4) is 0 Å². The van der Waals surface area contributed by atoms with Gasteiger partial charge in [0, 0.05) is 11.8 Å². The molecule has 6 bridgehead atoms. The minimum absolute atomic E-state index is 0.0641. The number of hydrogen-bond acceptors (Lipinski definition) is 9. The second-order valence-electron chi connectivity index (χ2n) is 12.3. The van der Waals surface area contributed by atoms with Gasteiger partial charge >= 0.3 is 35.9 Å². The standard InChI is InChI=1S/C24H26F6O9S/c25-23(26,27)22(24(28,29)30,7-40(34,35)36)39-21(33)16-13-6-12-15(16)20(32)38-17(12)18(13)37-19(31)14-10-2-8-1-9(4-10)5-11(14)3-8/h8-18H,1-7H2,(H,34,35,36)/p-1. The molecule has 0 amide bonds. The Bertz CT molecular complexity index is 1190. The second kappa shape index (κ2) is 8.71. The van der Waals surface area contributed by atoms with Crippen molar-refractivity contribution in [3.8, 4) is 0 Å². The molecule has 0 spiro atoms. The van der Waals surface area contributed by atoms with Crippen molar-refractivity contribution in [3.63, 3.8) is 0 Å². The maximum Gasteiger partial charge on any atom is 0.438 e. The second-order valence-corrected chi connectivity index (χ2v) is 13.7. The van der Waals surface area contributed by atoms with E-state index in [4.69, 9.17) is 9.47 Å². The van der Waals surface area contributed by atoms with Gasteiger partial charge in [-0.3, -0.25) is 14.4 Å². The summed E-state index contributed by atoms with van der Waals surface area (Å²) in [5.74, 6) is -11.5. The zero-order chi connectivity index (χ0) is 29.2. The molecule has 16 heteroatoms. The predicted molar refractivity (Wildman–Crippen MR) is 114 cm³/mol. The maximum absolute atomic E-state index is 13.7. The summed E-state index contributed by atoms with van der Waals surface area (Å²) in [6, 6.07) is 0. The van der Waals surface area contributed by atoms with E-state index in [0.717, 1.165) is 32.1 Å². The van der Waals surface area contributed by atoms with Crippen molar-refractivity contribution in [1.29, 1.82) is 0 Å². The molecule has 1 aliphatic heterocycles. The third-order valence-electron chi connectivity index (χ3n) is 10.1. The fourth-order valence-electron chi connectivity index (χ4n) is 8.95. The lowest BCUT2D eigenvalue weighted by Gasteiger charge is -2.53. The molecule has 0 aromatic carbocycles. The number of fused-ring (bicyclic) bond motifs is 1. The highest BCUT2D eigenvalue weighted by Gasteiger charge is 2.77. The average Bonchev–Trinajstić information content (AvgIpc) is 3.39. The lowest BCUT2D eigenvalue weighted by Crippen LogP contribution is -2.64. The molecule has 9 nitrogen and oxygen atoms in total. The van der Waals surface area contributed by atoms with Gasteiger partial charge in [0.15, 0.2) is 0 Å². The van der Waals surface area contributed by atoms with Crippen LogP contribution < -0.4 is 0 Å². The summed E-state index contributed by atoms with van der Waals surface area (Å²) in [7, 11) is -6.22. The molecule has 1 heterocycles. The Morgan fingerprint density at radius 3 is 1.90 bits per heavy atom. The van der Waals surface area contributed by atoms with E-state index in [1.54, 1.807) is 0 Å². The van der Waals surface area contributed by atoms with Crippen molar-refractivity contribution < 1.29 is 67.9 Å². The van der Waals surface area contributed by atoms with Crippen molar-refractivity contribution in [1.82, 2.24) is 0 Å². The third kappa shape index (κ3) is 4.13. The Kier molecular flexibility index (Phi) is 6.10. The smallest absolute Gasteiger partial charge is 0.438 e. The van der Waals surface area contributed by atoms with Gasteiger partial charge in [0.05, 0.1) is 33.6 Å². The fourth-order valence-corrected chi connectivity index (χ4v) is 9.83. The number of hydrogen-bond donors (Lipinski definition) is 0. The predicted octanol–water partition coefficient (Wildman–Crippen LogP) is 2.73. The molecule has 40 heavy (non-hydrogen) atoms. The van der Waals surface area contributed by atoms with Crippen LogP contribution in [-0.4, -0.2) is 66.8 Å². The van der Waals surface area contributed by atoms with E-state index in [0.29, 0.717) is 11.8 Å². The van der Waals surface area contributed by atoms with Gasteiger partial charge < -0.3 is 18.8 Å². The lowest BCUT2D eigenvalue weighted by atomic mass is 9.52. The quantitative estimate of drug-likeness (QED) is 0.194. The van der Waals surface area contributed by atoms with E-state index in [-0.39, 0.29) is 18.3 Å². The van der Waals surface area contributed by atoms with Crippen molar-refractivity contribution in [2.45, 2.75) is 68.7 Å². The molecule has 6 unspecified atom stereocenters. The van der Waals surface area contributed by atoms with Crippen LogP contribution in [0.5, 0.6) is 0 Å². The Hall–Kier alpha value is -2.10. The van der Waals surface area contributed by atoms with Crippen LogP contribution in [0.15, 0.2) is 0 Å². The molecule has 0 aromatic heterocycles. The lowest BCUT2D eigenvalue weighted by molar-refractivity contribution is -0.362. The first-order valence-corrected chi connectivity index (χ1v) is 14.7. The molecular weight excluding hydrogens is 578 g/mol. The maximum atomic E-state index is 13.7. The van der Waals surface area contributed by atoms with Gasteiger partial charge in [-0.15, -0.1) is 0 Å². The molecule has 7 aliphatic rings. The summed E-state index contributed by atoms with van der Waals surface area (Å²) in [4.78, 5) is 39.0. The first-order valence-electron chi connectivity index (χ1n) is 13.1. The molecule has 6 aliphatic carbocycles. The van der Waals surface area contributed by atoms with Crippen LogP contribution in [0.2, 0.25) is 0 Å². The SMILES string of the molecule is O=C(OC1C2CC3C1OC(=O)C3C2C(=O)OC(CS(=O)(=O)[O-])(C(F)(F)F)C(F)(F)F)C1C2CC3CC(C2)CC1C3. The number of ether oxygens (including phenoxy) is 3. The van der Waals surface area contributed by atoms with E-state index in [1.165, 1.54) is 0 Å². The molecule has 6 atom stereocenters. The average molecular weight is 604 g/mol. The van der Waals surface area contributed by atoms with Crippen LogP contribution in [0.25, 0.3) is 0 Å². The first-order chi connectivity index (χ1) is 18.4. The normalized spacial score (nSPS) is 41.8. The van der Waals surface area contributed by atoms with Gasteiger partial charge in [0.2, 0.25) is 0 Å². The van der Waals surface area contributed by atoms with Gasteiger partial charge in [-0.1, -0.05) is 0 Å². The molecule has 0 aromatic rings. The van der Waals surface area contributed by atoms with Crippen LogP contribution >= 0.6 is 0 Å². The molecule has 6 saturated carbocycles. The zero-order valence-electron chi connectivity index (χ0n) is 20.7. The van der Waals surface area contributed by atoms with E-state index < -0.39 is 93.5 Å². The number of rotatable bonds is 6. The highest BCUT2D eigenvalue weighted by Crippen LogP contribution is 2.61. The third-order valence-corrected chi connectivity index (χ3v) is 10.9. The number of esters is 3. The minimum Gasteiger partial charge on any atom is -0.748 e. The zero-order valence-corrected chi connectivity index (χ0v) is 21.5. The molecular formula is C24H25F6O9S-. The van der Waals surface area contributed by atoms with E-state index in [2.05, 4.69) is 4.74 Å². The highest BCUT2D eigenvalue weighted by atomic mass is 32.2. The van der Waals surface area contributed by atoms with Crippen molar-refractivity contribution in [3.05, 3.63) is 0 Å². The Morgan fingerprint density at radius 2 is 1.40 bits per heavy atom. The summed E-state index contributed by atoms with van der Waals surface area (Å²) >= 11 is 0. The van der Waals surface area contributed by atoms with Crippen molar-refractivity contribution in [2.24, 2.45) is 53.3 Å². The van der Waals surface area contributed by atoms with Crippen molar-refractivity contribution >= 4 is 28.0 Å². The van der Waals surface area contributed by atoms with E-state index in [1.807, 2.05) is 0 Å². The molecule has 7 fully saturated rings. The Morgan fingerprint density at radius 1 is 0.850 bits per heavy atom. The van der Waals surface area contributed by atoms with Crippen molar-refractivity contribution in [2.75, 3.05) is 5.75 Å². The highest BCUT2D eigenvalue weighted by molar-refractivity contribution is 7.85. The molecule has 0 N–H and O–H groups in total. The van der Waals surface area contributed by atoms with Gasteiger partial charge in [0.1, 0.15) is 12.2 Å². The van der Waals surface area contributed by atoms with E-state index in [9.17, 15) is 53.7 Å². The minimum atomic E-state index is -6.54. The van der Waals surface area contributed by atoms with Crippen LogP contribution in [0.1, 0.15) is 38.5 Å². The first kappa shape index (κ1) is 28.0. The molecule has 224 valence electrons. The van der Waals surface area contributed by atoms with Gasteiger partial charge in [-0.25, -0.2) is 8.42 Å². The van der Waals surface area contributed by atoms with Crippen LogP contribution in [0, 0.1) is 53.3 Å². The van der Waals surface area contributed by atoms with E-state index >= 15 is 0 Å². The summed E-state index contributed by atoms with van der Waals surface area (Å²) in [6.07, 6.45) is -10.9. The molecule has 1 saturated heterocycles. The van der Waals surface area contributed by atoms with Gasteiger partial charge in [-0.05, 0) is 62.2 Å². The Labute approximate surface area is 224 Å². The topological polar surface area (TPSA) is 136 Å². The van der Waals surface area contributed by atoms with Crippen LogP contribution in [0.4, 0.5) is 26.3 Å². The number of halogens is 6. The number of carbonyl (C=O) groups is 3. The van der Waals surface area contributed by atoms with Gasteiger partial charge in [-0.2, -0.15) is 26.3 Å². The monoisotopic (exact) mass is 603 g/mol. The summed E-state index contributed by atoms with van der Waals surface area (Å²) in [5, 5.41) is 0. The molecule has 0 radical (unpaired) electrons. The summed E-state index contributed by atoms with van der Waals surface area (Å²) < 4.78 is 131. The van der Waals surface area contributed by atoms with Gasteiger partial charge in [0.25, 0.3) is 0 Å². The number of alkyl halides is 6.